The van der Waals surface area contributed by atoms with E-state index in [1.807, 2.05) is 0 Å². The smallest absolute Gasteiger partial charge is 0.389 e. The predicted molar refractivity (Wildman–Crippen MR) is 74.6 cm³/mol. The number of hydrogen-bond acceptors (Lipinski definition) is 2. The number of benzene rings is 1. The van der Waals surface area contributed by atoms with Crippen molar-refractivity contribution < 1.29 is 27.9 Å². The van der Waals surface area contributed by atoms with Gasteiger partial charge in [-0.15, -0.1) is 0 Å². The van der Waals surface area contributed by atoms with Gasteiger partial charge in [-0.25, -0.2) is 0 Å². The Morgan fingerprint density at radius 2 is 1.77 bits per heavy atom. The molecule has 0 saturated carbocycles. The number of aryl methyl sites for hydroxylation is 1. The lowest BCUT2D eigenvalue weighted by Gasteiger charge is -2.19. The number of hydrogen-bond donors (Lipinski definition) is 1. The zero-order valence-corrected chi connectivity index (χ0v) is 12.4. The molecule has 1 amide bonds. The van der Waals surface area contributed by atoms with Gasteiger partial charge in [0.05, 0.1) is 5.92 Å². The second kappa shape index (κ2) is 7.29. The highest BCUT2D eigenvalue weighted by atomic mass is 19.4. The molecule has 4 nitrogen and oxygen atoms in total. The van der Waals surface area contributed by atoms with Crippen LogP contribution in [0.3, 0.4) is 0 Å². The topological polar surface area (TPSA) is 57.6 Å². The van der Waals surface area contributed by atoms with Gasteiger partial charge in [0.15, 0.2) is 0 Å². The molecule has 0 fully saturated rings. The molecule has 122 valence electrons. The van der Waals surface area contributed by atoms with Crippen LogP contribution in [0.15, 0.2) is 24.3 Å². The van der Waals surface area contributed by atoms with Crippen LogP contribution in [-0.4, -0.2) is 41.7 Å². The maximum atomic E-state index is 12.1. The molecule has 0 saturated heterocycles. The zero-order chi connectivity index (χ0) is 16.9. The number of carboxylic acid groups (broad SMARTS) is 1. The maximum absolute atomic E-state index is 12.1. The first-order valence-corrected chi connectivity index (χ1v) is 6.74. The fraction of sp³-hybridized carbons (Fsp3) is 0.467. The van der Waals surface area contributed by atoms with Crippen molar-refractivity contribution in [3.8, 4) is 0 Å². The summed E-state index contributed by atoms with van der Waals surface area (Å²) in [4.78, 5) is 24.1. The fourth-order valence-corrected chi connectivity index (χ4v) is 1.89. The summed E-state index contributed by atoms with van der Waals surface area (Å²) in [5, 5.41) is 8.81. The third-order valence-corrected chi connectivity index (χ3v) is 3.21. The third kappa shape index (κ3) is 5.75. The summed E-state index contributed by atoms with van der Waals surface area (Å²) in [6, 6.07) is 5.87. The molecule has 1 aromatic carbocycles. The summed E-state index contributed by atoms with van der Waals surface area (Å²) in [5.74, 6) is -2.06. The Morgan fingerprint density at radius 1 is 1.23 bits per heavy atom. The van der Waals surface area contributed by atoms with Crippen molar-refractivity contribution in [3.63, 3.8) is 0 Å². The second-order valence-corrected chi connectivity index (χ2v) is 5.24. The van der Waals surface area contributed by atoms with Crippen LogP contribution < -0.4 is 0 Å². The highest BCUT2D eigenvalue weighted by Gasteiger charge is 2.26. The van der Waals surface area contributed by atoms with E-state index in [-0.39, 0.29) is 18.9 Å². The van der Waals surface area contributed by atoms with Crippen LogP contribution in [0.4, 0.5) is 13.2 Å². The van der Waals surface area contributed by atoms with Crippen LogP contribution in [-0.2, 0) is 11.2 Å². The van der Waals surface area contributed by atoms with Crippen molar-refractivity contribution >= 4 is 11.9 Å². The van der Waals surface area contributed by atoms with E-state index in [2.05, 4.69) is 0 Å². The second-order valence-electron chi connectivity index (χ2n) is 5.24. The molecule has 0 bridgehead atoms. The van der Waals surface area contributed by atoms with Gasteiger partial charge in [0.1, 0.15) is 0 Å². The molecule has 0 aliphatic heterocycles. The highest BCUT2D eigenvalue weighted by Crippen LogP contribution is 2.22. The van der Waals surface area contributed by atoms with Gasteiger partial charge in [-0.3, -0.25) is 9.59 Å². The van der Waals surface area contributed by atoms with Crippen LogP contribution in [0.2, 0.25) is 0 Å². The van der Waals surface area contributed by atoms with Gasteiger partial charge in [-0.05, 0) is 24.1 Å². The normalized spacial score (nSPS) is 12.8. The number of aliphatic carboxylic acids is 1. The number of carbonyl (C=O) groups excluding carboxylic acids is 1. The van der Waals surface area contributed by atoms with Crippen molar-refractivity contribution in [3.05, 3.63) is 35.4 Å². The van der Waals surface area contributed by atoms with E-state index in [9.17, 15) is 22.8 Å². The lowest BCUT2D eigenvalue weighted by Crippen LogP contribution is -2.33. The van der Waals surface area contributed by atoms with Crippen LogP contribution >= 0.6 is 0 Å². The summed E-state index contributed by atoms with van der Waals surface area (Å²) in [7, 11) is 1.49. The van der Waals surface area contributed by atoms with Crippen molar-refractivity contribution in [1.29, 1.82) is 0 Å². The van der Waals surface area contributed by atoms with Gasteiger partial charge in [0.25, 0.3) is 5.91 Å². The molecular weight excluding hydrogens is 299 g/mol. The van der Waals surface area contributed by atoms with Gasteiger partial charge >= 0.3 is 12.1 Å². The van der Waals surface area contributed by atoms with Crippen molar-refractivity contribution in [1.82, 2.24) is 4.90 Å². The Hall–Kier alpha value is -2.05. The molecule has 1 unspecified atom stereocenters. The summed E-state index contributed by atoms with van der Waals surface area (Å²) >= 11 is 0. The van der Waals surface area contributed by atoms with Crippen LogP contribution in [0.25, 0.3) is 0 Å². The summed E-state index contributed by atoms with van der Waals surface area (Å²) in [5.41, 5.74) is 0.811. The highest BCUT2D eigenvalue weighted by molar-refractivity contribution is 5.94. The van der Waals surface area contributed by atoms with Gasteiger partial charge in [0, 0.05) is 25.6 Å². The van der Waals surface area contributed by atoms with E-state index in [1.54, 1.807) is 0 Å². The number of amides is 1. The number of rotatable bonds is 6. The molecule has 1 aromatic rings. The van der Waals surface area contributed by atoms with Gasteiger partial charge in [-0.1, -0.05) is 19.1 Å². The van der Waals surface area contributed by atoms with Gasteiger partial charge in [-0.2, -0.15) is 13.2 Å². The van der Waals surface area contributed by atoms with E-state index in [4.69, 9.17) is 5.11 Å². The molecule has 0 aliphatic rings. The summed E-state index contributed by atoms with van der Waals surface area (Å²) in [6.07, 6.45) is -5.25. The molecule has 1 N–H and O–H groups in total. The minimum Gasteiger partial charge on any atom is -0.481 e. The first-order chi connectivity index (χ1) is 10.1. The Bertz CT molecular complexity index is 526. The monoisotopic (exact) mass is 317 g/mol. The lowest BCUT2D eigenvalue weighted by atomic mass is 10.1. The summed E-state index contributed by atoms with van der Waals surface area (Å²) < 4.78 is 36.4. The van der Waals surface area contributed by atoms with Crippen molar-refractivity contribution in [2.24, 2.45) is 5.92 Å². The third-order valence-electron chi connectivity index (χ3n) is 3.21. The molecule has 0 aliphatic carbocycles. The number of halogens is 3. The Balaban J connectivity index is 2.65. The quantitative estimate of drug-likeness (QED) is 0.877. The molecule has 0 aromatic heterocycles. The molecule has 22 heavy (non-hydrogen) atoms. The molecule has 0 heterocycles. The molecular formula is C15H18F3NO3. The number of alkyl halides is 3. The Labute approximate surface area is 126 Å². The number of nitrogens with zero attached hydrogens (tertiary/aromatic N) is 1. The van der Waals surface area contributed by atoms with Crippen LogP contribution in [0, 0.1) is 5.92 Å². The molecule has 7 heteroatoms. The van der Waals surface area contributed by atoms with E-state index < -0.39 is 24.5 Å². The van der Waals surface area contributed by atoms with Crippen molar-refractivity contribution in [2.75, 3.05) is 13.6 Å². The average Bonchev–Trinajstić information content (AvgIpc) is 2.43. The molecule has 0 radical (unpaired) electrons. The Kier molecular flexibility index (Phi) is 5.96. The van der Waals surface area contributed by atoms with Crippen molar-refractivity contribution in [2.45, 2.75) is 25.9 Å². The van der Waals surface area contributed by atoms with E-state index in [0.29, 0.717) is 11.1 Å². The standard InChI is InChI=1S/C15H18F3NO3/c1-10(14(21)22)9-19(2)13(20)12-5-3-11(4-6-12)7-8-15(16,17)18/h3-6,10H,7-9H2,1-2H3,(H,21,22). The largest absolute Gasteiger partial charge is 0.481 e. The molecule has 1 atom stereocenters. The molecule has 1 rings (SSSR count). The minimum atomic E-state index is -4.21. The first kappa shape index (κ1) is 18.0. The van der Waals surface area contributed by atoms with Gasteiger partial charge in [0.2, 0.25) is 0 Å². The first-order valence-electron chi connectivity index (χ1n) is 6.74. The van der Waals surface area contributed by atoms with Crippen LogP contribution in [0.5, 0.6) is 0 Å². The predicted octanol–water partition coefficient (Wildman–Crippen LogP) is 2.97. The van der Waals surface area contributed by atoms with Gasteiger partial charge < -0.3 is 10.0 Å². The van der Waals surface area contributed by atoms with E-state index >= 15 is 0 Å². The lowest BCUT2D eigenvalue weighted by molar-refractivity contribution is -0.141. The zero-order valence-electron chi connectivity index (χ0n) is 12.4. The maximum Gasteiger partial charge on any atom is 0.389 e. The number of carbonyl (C=O) groups is 2. The number of carboxylic acids is 1. The van der Waals surface area contributed by atoms with E-state index in [1.165, 1.54) is 43.1 Å². The SMILES string of the molecule is CC(CN(C)C(=O)c1ccc(CCC(F)(F)F)cc1)C(=O)O. The van der Waals surface area contributed by atoms with E-state index in [0.717, 1.165) is 0 Å². The average molecular weight is 317 g/mol. The summed E-state index contributed by atoms with van der Waals surface area (Å²) in [6.45, 7) is 1.55. The van der Waals surface area contributed by atoms with Crippen LogP contribution in [0.1, 0.15) is 29.3 Å². The Morgan fingerprint density at radius 3 is 2.23 bits per heavy atom. The fourth-order valence-electron chi connectivity index (χ4n) is 1.89. The minimum absolute atomic E-state index is 0.0595. The molecule has 0 spiro atoms.